The molecular weight excluding hydrogens is 616 g/mol. The summed E-state index contributed by atoms with van der Waals surface area (Å²) in [7, 11) is -4.03. The van der Waals surface area contributed by atoms with E-state index in [1.165, 1.54) is 17.0 Å². The molecule has 0 aliphatic rings. The Morgan fingerprint density at radius 1 is 0.850 bits per heavy atom. The Kier molecular flexibility index (Phi) is 11.1. The lowest BCUT2D eigenvalue weighted by Crippen LogP contribution is -2.54. The molecule has 2 amide bonds. The SMILES string of the molecule is CC(C)NC(=O)[C@@H](Cc1ccccc1)N(Cc1ccccc1Cl)C(=O)CN(c1cc(Cl)c(Cl)cc1Cl)S(C)(=O)=O. The second-order valence-corrected chi connectivity index (χ2v) is 13.0. The van der Waals surface area contributed by atoms with Gasteiger partial charge in [0, 0.05) is 24.0 Å². The van der Waals surface area contributed by atoms with Gasteiger partial charge in [0.2, 0.25) is 21.8 Å². The van der Waals surface area contributed by atoms with Crippen LogP contribution in [0.15, 0.2) is 66.7 Å². The van der Waals surface area contributed by atoms with Crippen molar-refractivity contribution in [1.29, 1.82) is 0 Å². The molecule has 1 N–H and O–H groups in total. The van der Waals surface area contributed by atoms with Crippen molar-refractivity contribution < 1.29 is 18.0 Å². The third-order valence-electron chi connectivity index (χ3n) is 5.94. The number of halogens is 4. The molecule has 12 heteroatoms. The van der Waals surface area contributed by atoms with Crippen LogP contribution in [-0.4, -0.2) is 50.0 Å². The highest BCUT2D eigenvalue weighted by Gasteiger charge is 2.34. The Labute approximate surface area is 255 Å². The van der Waals surface area contributed by atoms with Crippen molar-refractivity contribution in [3.05, 3.63) is 97.9 Å². The van der Waals surface area contributed by atoms with Crippen molar-refractivity contribution in [1.82, 2.24) is 10.2 Å². The number of nitrogens with one attached hydrogen (secondary N) is 1. The van der Waals surface area contributed by atoms with Crippen LogP contribution < -0.4 is 9.62 Å². The number of hydrogen-bond acceptors (Lipinski definition) is 4. The zero-order chi connectivity index (χ0) is 29.6. The van der Waals surface area contributed by atoms with Crippen molar-refractivity contribution in [2.75, 3.05) is 17.1 Å². The summed E-state index contributed by atoms with van der Waals surface area (Å²) in [6.45, 7) is 2.93. The second-order valence-electron chi connectivity index (χ2n) is 9.47. The Bertz CT molecular complexity index is 1470. The van der Waals surface area contributed by atoms with Gasteiger partial charge in [-0.2, -0.15) is 0 Å². The number of carbonyl (C=O) groups is 2. The molecule has 3 aromatic carbocycles. The summed E-state index contributed by atoms with van der Waals surface area (Å²) in [5.74, 6) is -1.04. The van der Waals surface area contributed by atoms with E-state index in [0.717, 1.165) is 16.1 Å². The molecular formula is C28H29Cl4N3O4S. The molecule has 0 bridgehead atoms. The van der Waals surface area contributed by atoms with Gasteiger partial charge in [0.1, 0.15) is 12.6 Å². The minimum atomic E-state index is -4.03. The number of benzene rings is 3. The number of amides is 2. The van der Waals surface area contributed by atoms with Crippen LogP contribution in [0.3, 0.4) is 0 Å². The molecule has 3 rings (SSSR count). The number of rotatable bonds is 11. The fraction of sp³-hybridized carbons (Fsp3) is 0.286. The Morgan fingerprint density at radius 2 is 1.45 bits per heavy atom. The summed E-state index contributed by atoms with van der Waals surface area (Å²) in [5, 5.41) is 3.47. The molecule has 0 heterocycles. The van der Waals surface area contributed by atoms with E-state index in [1.807, 2.05) is 44.2 Å². The lowest BCUT2D eigenvalue weighted by atomic mass is 10.0. The van der Waals surface area contributed by atoms with E-state index in [1.54, 1.807) is 24.3 Å². The van der Waals surface area contributed by atoms with Gasteiger partial charge >= 0.3 is 0 Å². The van der Waals surface area contributed by atoms with Crippen LogP contribution in [0.4, 0.5) is 5.69 Å². The zero-order valence-corrected chi connectivity index (χ0v) is 25.9. The molecule has 214 valence electrons. The number of anilines is 1. The average molecular weight is 645 g/mol. The maximum Gasteiger partial charge on any atom is 0.244 e. The number of carbonyl (C=O) groups excluding carboxylic acids is 2. The molecule has 0 aliphatic carbocycles. The third-order valence-corrected chi connectivity index (χ3v) is 8.46. The predicted octanol–water partition coefficient (Wildman–Crippen LogP) is 6.23. The van der Waals surface area contributed by atoms with Gasteiger partial charge in [-0.05, 0) is 43.2 Å². The van der Waals surface area contributed by atoms with Crippen LogP contribution in [0, 0.1) is 0 Å². The van der Waals surface area contributed by atoms with Crippen molar-refractivity contribution in [2.24, 2.45) is 0 Å². The predicted molar refractivity (Wildman–Crippen MR) is 163 cm³/mol. The Hall–Kier alpha value is -2.49. The first-order chi connectivity index (χ1) is 18.8. The third kappa shape index (κ3) is 8.51. The molecule has 0 spiro atoms. The Balaban J connectivity index is 2.11. The molecule has 7 nitrogen and oxygen atoms in total. The molecule has 0 radical (unpaired) electrons. The number of sulfonamides is 1. The van der Waals surface area contributed by atoms with Gasteiger partial charge in [0.25, 0.3) is 0 Å². The van der Waals surface area contributed by atoms with Crippen LogP contribution in [0.2, 0.25) is 20.1 Å². The average Bonchev–Trinajstić information content (AvgIpc) is 2.87. The molecule has 1 atom stereocenters. The smallest absolute Gasteiger partial charge is 0.244 e. The van der Waals surface area contributed by atoms with Crippen LogP contribution >= 0.6 is 46.4 Å². The first-order valence-corrected chi connectivity index (χ1v) is 15.6. The summed E-state index contributed by atoms with van der Waals surface area (Å²) in [5.41, 5.74) is 1.39. The summed E-state index contributed by atoms with van der Waals surface area (Å²) in [6.07, 6.45) is 1.13. The first-order valence-electron chi connectivity index (χ1n) is 12.3. The highest BCUT2D eigenvalue weighted by molar-refractivity contribution is 7.92. The second kappa shape index (κ2) is 13.9. The van der Waals surface area contributed by atoms with E-state index in [9.17, 15) is 18.0 Å². The quantitative estimate of drug-likeness (QED) is 0.251. The molecule has 0 aliphatic heterocycles. The van der Waals surface area contributed by atoms with Gasteiger partial charge in [0.15, 0.2) is 0 Å². The van der Waals surface area contributed by atoms with Crippen LogP contribution in [0.1, 0.15) is 25.0 Å². The van der Waals surface area contributed by atoms with Gasteiger partial charge in [0.05, 0.1) is 27.0 Å². The van der Waals surface area contributed by atoms with Gasteiger partial charge in [-0.3, -0.25) is 13.9 Å². The van der Waals surface area contributed by atoms with Crippen LogP contribution in [0.5, 0.6) is 0 Å². The minimum absolute atomic E-state index is 0.0105. The van der Waals surface area contributed by atoms with E-state index in [0.29, 0.717) is 10.6 Å². The molecule has 0 saturated heterocycles. The largest absolute Gasteiger partial charge is 0.352 e. The minimum Gasteiger partial charge on any atom is -0.352 e. The molecule has 40 heavy (non-hydrogen) atoms. The fourth-order valence-electron chi connectivity index (χ4n) is 4.04. The Morgan fingerprint density at radius 3 is 2.05 bits per heavy atom. The van der Waals surface area contributed by atoms with Crippen LogP contribution in [-0.2, 0) is 32.6 Å². The maximum atomic E-state index is 14.1. The van der Waals surface area contributed by atoms with Crippen molar-refractivity contribution in [2.45, 2.75) is 38.9 Å². The summed E-state index contributed by atoms with van der Waals surface area (Å²) < 4.78 is 26.7. The fourth-order valence-corrected chi connectivity index (χ4v) is 5.78. The lowest BCUT2D eigenvalue weighted by Gasteiger charge is -2.34. The van der Waals surface area contributed by atoms with Crippen molar-refractivity contribution in [3.8, 4) is 0 Å². The van der Waals surface area contributed by atoms with E-state index in [4.69, 9.17) is 46.4 Å². The monoisotopic (exact) mass is 643 g/mol. The summed E-state index contributed by atoms with van der Waals surface area (Å²) in [6, 6.07) is 17.6. The van der Waals surface area contributed by atoms with Crippen molar-refractivity contribution >= 4 is 73.9 Å². The van der Waals surface area contributed by atoms with Gasteiger partial charge in [-0.25, -0.2) is 8.42 Å². The van der Waals surface area contributed by atoms with E-state index < -0.39 is 34.4 Å². The standard InChI is InChI=1S/C28H29Cl4N3O4S/c1-18(2)33-28(37)26(13-19-9-5-4-6-10-19)34(16-20-11-7-8-12-21(20)29)27(36)17-35(40(3,38)39)25-15-23(31)22(30)14-24(25)32/h4-12,14-15,18,26H,13,16-17H2,1-3H3,(H,33,37)/t26-/m1/s1. The molecule has 0 unspecified atom stereocenters. The number of hydrogen-bond donors (Lipinski definition) is 1. The van der Waals surface area contributed by atoms with E-state index in [-0.39, 0.29) is 39.8 Å². The highest BCUT2D eigenvalue weighted by Crippen LogP contribution is 2.35. The molecule has 0 aromatic heterocycles. The first kappa shape index (κ1) is 32.0. The highest BCUT2D eigenvalue weighted by atomic mass is 35.5. The maximum absolute atomic E-state index is 14.1. The molecule has 0 fully saturated rings. The van der Waals surface area contributed by atoms with Crippen molar-refractivity contribution in [3.63, 3.8) is 0 Å². The van der Waals surface area contributed by atoms with E-state index in [2.05, 4.69) is 5.32 Å². The van der Waals surface area contributed by atoms with E-state index >= 15 is 0 Å². The molecule has 0 saturated carbocycles. The summed E-state index contributed by atoms with van der Waals surface area (Å²) in [4.78, 5) is 29.0. The summed E-state index contributed by atoms with van der Waals surface area (Å²) >= 11 is 25.0. The number of nitrogens with zero attached hydrogens (tertiary/aromatic N) is 2. The topological polar surface area (TPSA) is 86.8 Å². The lowest BCUT2D eigenvalue weighted by molar-refractivity contribution is -0.140. The molecule has 3 aromatic rings. The zero-order valence-electron chi connectivity index (χ0n) is 22.1. The van der Waals surface area contributed by atoms with Crippen LogP contribution in [0.25, 0.3) is 0 Å². The van der Waals surface area contributed by atoms with Gasteiger partial charge < -0.3 is 10.2 Å². The normalized spacial score (nSPS) is 12.2. The van der Waals surface area contributed by atoms with Gasteiger partial charge in [-0.15, -0.1) is 0 Å². The van der Waals surface area contributed by atoms with Gasteiger partial charge in [-0.1, -0.05) is 94.9 Å².